The highest BCUT2D eigenvalue weighted by Gasteiger charge is 2.06. The van der Waals surface area contributed by atoms with Crippen LogP contribution in [0.5, 0.6) is 0 Å². The lowest BCUT2D eigenvalue weighted by Gasteiger charge is -2.12. The molecule has 0 saturated carbocycles. The van der Waals surface area contributed by atoms with Gasteiger partial charge in [0.2, 0.25) is 0 Å². The third-order valence-corrected chi connectivity index (χ3v) is 5.24. The molecule has 7 nitrogen and oxygen atoms in total. The molecular formula is C23H30IN7. The topological polar surface area (TPSA) is 82.9 Å². The molecule has 2 aromatic carbocycles. The first-order chi connectivity index (χ1) is 14.7. The van der Waals surface area contributed by atoms with Gasteiger partial charge in [-0.15, -0.1) is 24.0 Å². The molecule has 2 heterocycles. The van der Waals surface area contributed by atoms with Crippen LogP contribution >= 0.6 is 24.0 Å². The zero-order valence-electron chi connectivity index (χ0n) is 18.1. The fraction of sp³-hybridized carbons (Fsp3) is 0.348. The predicted octanol–water partition coefficient (Wildman–Crippen LogP) is 4.03. The summed E-state index contributed by atoms with van der Waals surface area (Å²) in [5.74, 6) is 2.93. The molecular weight excluding hydrogens is 501 g/mol. The number of rotatable bonds is 8. The van der Waals surface area contributed by atoms with Crippen molar-refractivity contribution < 1.29 is 0 Å². The quantitative estimate of drug-likeness (QED) is 0.139. The molecule has 4 rings (SSSR count). The smallest absolute Gasteiger partial charge is 0.190 e. The lowest BCUT2D eigenvalue weighted by atomic mass is 10.3. The van der Waals surface area contributed by atoms with E-state index in [0.717, 1.165) is 73.1 Å². The van der Waals surface area contributed by atoms with Crippen LogP contribution in [0.3, 0.4) is 0 Å². The van der Waals surface area contributed by atoms with E-state index in [2.05, 4.69) is 66.3 Å². The third kappa shape index (κ3) is 5.75. The summed E-state index contributed by atoms with van der Waals surface area (Å²) < 4.78 is 2.28. The van der Waals surface area contributed by atoms with Crippen LogP contribution in [0, 0.1) is 6.92 Å². The molecule has 31 heavy (non-hydrogen) atoms. The molecule has 0 aliphatic rings. The standard InChI is InChI=1S/C23H29N7.HI/c1-17-27-20-11-5-6-12-21(20)30(17)16-8-15-26-23(24-2)25-14-7-13-22-28-18-9-3-4-10-19(18)29-22;/h3-6,9-12H,7-8,13-16H2,1-2H3,(H,28,29)(H2,24,25,26);1H. The summed E-state index contributed by atoms with van der Waals surface area (Å²) in [7, 11) is 1.81. The zero-order chi connectivity index (χ0) is 20.8. The Morgan fingerprint density at radius 1 is 0.968 bits per heavy atom. The summed E-state index contributed by atoms with van der Waals surface area (Å²) in [5.41, 5.74) is 4.38. The minimum absolute atomic E-state index is 0. The van der Waals surface area contributed by atoms with Crippen molar-refractivity contribution in [3.05, 3.63) is 60.2 Å². The second kappa shape index (κ2) is 11.1. The number of hydrogen-bond donors (Lipinski definition) is 3. The van der Waals surface area contributed by atoms with Crippen molar-refractivity contribution in [1.29, 1.82) is 0 Å². The molecule has 0 fully saturated rings. The molecule has 2 aromatic heterocycles. The number of aryl methyl sites for hydroxylation is 3. The van der Waals surface area contributed by atoms with Crippen molar-refractivity contribution in [2.45, 2.75) is 32.7 Å². The molecule has 0 radical (unpaired) electrons. The van der Waals surface area contributed by atoms with Crippen LogP contribution in [0.25, 0.3) is 22.1 Å². The molecule has 8 heteroatoms. The van der Waals surface area contributed by atoms with Gasteiger partial charge in [-0.3, -0.25) is 4.99 Å². The van der Waals surface area contributed by atoms with E-state index in [9.17, 15) is 0 Å². The largest absolute Gasteiger partial charge is 0.356 e. The van der Waals surface area contributed by atoms with Crippen LogP contribution in [0.4, 0.5) is 0 Å². The van der Waals surface area contributed by atoms with E-state index < -0.39 is 0 Å². The van der Waals surface area contributed by atoms with Crippen LogP contribution in [0.1, 0.15) is 24.5 Å². The van der Waals surface area contributed by atoms with E-state index in [0.29, 0.717) is 0 Å². The summed E-state index contributed by atoms with van der Waals surface area (Å²) in [5, 5.41) is 6.79. The second-order valence-electron chi connectivity index (χ2n) is 7.38. The summed E-state index contributed by atoms with van der Waals surface area (Å²) in [6, 6.07) is 16.4. The van der Waals surface area contributed by atoms with Crippen molar-refractivity contribution in [2.24, 2.45) is 4.99 Å². The van der Waals surface area contributed by atoms with Gasteiger partial charge < -0.3 is 20.2 Å². The highest BCUT2D eigenvalue weighted by atomic mass is 127. The number of hydrogen-bond acceptors (Lipinski definition) is 3. The Labute approximate surface area is 199 Å². The van der Waals surface area contributed by atoms with Crippen LogP contribution in [-0.4, -0.2) is 45.6 Å². The number of aromatic amines is 1. The molecule has 164 valence electrons. The van der Waals surface area contributed by atoms with Gasteiger partial charge in [-0.2, -0.15) is 0 Å². The maximum atomic E-state index is 4.63. The lowest BCUT2D eigenvalue weighted by molar-refractivity contribution is 0.622. The fourth-order valence-corrected chi connectivity index (χ4v) is 3.73. The molecule has 0 aliphatic carbocycles. The van der Waals surface area contributed by atoms with Crippen molar-refractivity contribution >= 4 is 52.0 Å². The van der Waals surface area contributed by atoms with E-state index in [1.54, 1.807) is 0 Å². The van der Waals surface area contributed by atoms with Crippen LogP contribution in [-0.2, 0) is 13.0 Å². The van der Waals surface area contributed by atoms with Gasteiger partial charge in [0.05, 0.1) is 22.1 Å². The number of fused-ring (bicyclic) bond motifs is 2. The molecule has 0 unspecified atom stereocenters. The van der Waals surface area contributed by atoms with Crippen molar-refractivity contribution in [3.63, 3.8) is 0 Å². The van der Waals surface area contributed by atoms with Gasteiger partial charge in [-0.05, 0) is 44.0 Å². The Morgan fingerprint density at radius 3 is 2.45 bits per heavy atom. The Balaban J connectivity index is 0.00000272. The van der Waals surface area contributed by atoms with E-state index in [1.807, 2.05) is 31.3 Å². The number of nitrogens with one attached hydrogen (secondary N) is 3. The molecule has 0 bridgehead atoms. The zero-order valence-corrected chi connectivity index (χ0v) is 20.4. The van der Waals surface area contributed by atoms with Gasteiger partial charge in [0, 0.05) is 33.1 Å². The molecule has 4 aromatic rings. The number of para-hydroxylation sites is 4. The fourth-order valence-electron chi connectivity index (χ4n) is 3.73. The van der Waals surface area contributed by atoms with E-state index in [1.165, 1.54) is 5.52 Å². The monoisotopic (exact) mass is 531 g/mol. The first-order valence-electron chi connectivity index (χ1n) is 10.5. The number of halogens is 1. The summed E-state index contributed by atoms with van der Waals surface area (Å²) >= 11 is 0. The van der Waals surface area contributed by atoms with Crippen molar-refractivity contribution in [2.75, 3.05) is 20.1 Å². The number of nitrogens with zero attached hydrogens (tertiary/aromatic N) is 4. The number of H-pyrrole nitrogens is 1. The molecule has 0 atom stereocenters. The Hall–Kier alpha value is -2.62. The van der Waals surface area contributed by atoms with Gasteiger partial charge in [-0.1, -0.05) is 24.3 Å². The Kier molecular flexibility index (Phi) is 8.27. The maximum Gasteiger partial charge on any atom is 0.190 e. The average Bonchev–Trinajstić information content (AvgIpc) is 3.32. The lowest BCUT2D eigenvalue weighted by Crippen LogP contribution is -2.38. The highest BCUT2D eigenvalue weighted by molar-refractivity contribution is 14.0. The number of aromatic nitrogens is 4. The van der Waals surface area contributed by atoms with Gasteiger partial charge >= 0.3 is 0 Å². The number of aliphatic imine (C=N–C) groups is 1. The van der Waals surface area contributed by atoms with Crippen LogP contribution in [0.15, 0.2) is 53.5 Å². The normalized spacial score (nSPS) is 11.6. The minimum Gasteiger partial charge on any atom is -0.356 e. The molecule has 3 N–H and O–H groups in total. The number of guanidine groups is 1. The van der Waals surface area contributed by atoms with Crippen molar-refractivity contribution in [3.8, 4) is 0 Å². The maximum absolute atomic E-state index is 4.63. The van der Waals surface area contributed by atoms with Gasteiger partial charge in [0.25, 0.3) is 0 Å². The summed E-state index contributed by atoms with van der Waals surface area (Å²) in [4.78, 5) is 17.0. The van der Waals surface area contributed by atoms with Crippen LogP contribution in [0.2, 0.25) is 0 Å². The first-order valence-corrected chi connectivity index (χ1v) is 10.5. The number of imidazole rings is 2. The molecule has 0 aliphatic heterocycles. The van der Waals surface area contributed by atoms with Crippen molar-refractivity contribution in [1.82, 2.24) is 30.2 Å². The summed E-state index contributed by atoms with van der Waals surface area (Å²) in [6.45, 7) is 4.70. The van der Waals surface area contributed by atoms with E-state index in [-0.39, 0.29) is 24.0 Å². The second-order valence-corrected chi connectivity index (χ2v) is 7.38. The highest BCUT2D eigenvalue weighted by Crippen LogP contribution is 2.15. The molecule has 0 saturated heterocycles. The van der Waals surface area contributed by atoms with Gasteiger partial charge in [0.15, 0.2) is 5.96 Å². The summed E-state index contributed by atoms with van der Waals surface area (Å²) in [6.07, 6.45) is 2.90. The minimum atomic E-state index is 0. The van der Waals surface area contributed by atoms with Gasteiger partial charge in [-0.25, -0.2) is 9.97 Å². The van der Waals surface area contributed by atoms with E-state index >= 15 is 0 Å². The Bertz CT molecular complexity index is 1110. The first kappa shape index (κ1) is 23.1. The average molecular weight is 531 g/mol. The predicted molar refractivity (Wildman–Crippen MR) is 138 cm³/mol. The van der Waals surface area contributed by atoms with E-state index in [4.69, 9.17) is 0 Å². The van der Waals surface area contributed by atoms with Crippen LogP contribution < -0.4 is 10.6 Å². The third-order valence-electron chi connectivity index (χ3n) is 5.24. The van der Waals surface area contributed by atoms with Gasteiger partial charge in [0.1, 0.15) is 11.6 Å². The SMILES string of the molecule is CN=C(NCCCc1nc2ccccc2[nH]1)NCCCn1c(C)nc2ccccc21.I. The number of benzene rings is 2. The molecule has 0 amide bonds. The Morgan fingerprint density at radius 2 is 1.68 bits per heavy atom. The molecule has 0 spiro atoms.